The number of carbonyl (C=O) groups excluding carboxylic acids is 1. The Labute approximate surface area is 126 Å². The topological polar surface area (TPSA) is 96.2 Å². The molecule has 0 aromatic carbocycles. The van der Waals surface area contributed by atoms with Crippen molar-refractivity contribution >= 4 is 16.1 Å². The number of carbonyl (C=O) groups is 1. The highest BCUT2D eigenvalue weighted by atomic mass is 32.2. The minimum atomic E-state index is -3.43. The summed E-state index contributed by atoms with van der Waals surface area (Å²) in [7, 11) is -3.43. The number of nitrogens with zero attached hydrogens (tertiary/aromatic N) is 3. The fourth-order valence-electron chi connectivity index (χ4n) is 2.51. The number of rotatable bonds is 4. The normalized spacial score (nSPS) is 24.0. The Morgan fingerprint density at radius 3 is 2.14 bits per heavy atom. The van der Waals surface area contributed by atoms with Gasteiger partial charge in [-0.15, -0.1) is 0 Å². The van der Waals surface area contributed by atoms with E-state index in [1.807, 2.05) is 0 Å². The Morgan fingerprint density at radius 2 is 1.62 bits per heavy atom. The van der Waals surface area contributed by atoms with E-state index in [1.54, 1.807) is 11.8 Å². The predicted octanol–water partition coefficient (Wildman–Crippen LogP) is -1.56. The van der Waals surface area contributed by atoms with Gasteiger partial charge in [0.15, 0.2) is 0 Å². The van der Waals surface area contributed by atoms with E-state index in [2.05, 4.69) is 0 Å². The second-order valence-corrected chi connectivity index (χ2v) is 7.41. The van der Waals surface area contributed by atoms with E-state index in [4.69, 9.17) is 10.5 Å². The number of piperazine rings is 1. The van der Waals surface area contributed by atoms with Crippen molar-refractivity contribution in [2.75, 3.05) is 52.5 Å². The summed E-state index contributed by atoms with van der Waals surface area (Å²) in [4.78, 5) is 13.6. The Hall–Kier alpha value is -0.740. The number of morpholine rings is 1. The van der Waals surface area contributed by atoms with Crippen LogP contribution in [0.5, 0.6) is 0 Å². The Morgan fingerprint density at radius 1 is 1.10 bits per heavy atom. The molecule has 2 fully saturated rings. The zero-order chi connectivity index (χ0) is 15.5. The first-order chi connectivity index (χ1) is 9.91. The molecule has 8 nitrogen and oxygen atoms in total. The van der Waals surface area contributed by atoms with Gasteiger partial charge in [-0.05, 0) is 6.92 Å². The van der Waals surface area contributed by atoms with Crippen LogP contribution in [-0.2, 0) is 19.7 Å². The molecule has 2 aliphatic heterocycles. The van der Waals surface area contributed by atoms with Gasteiger partial charge in [0.25, 0.3) is 10.2 Å². The third-order valence-corrected chi connectivity index (χ3v) is 5.75. The van der Waals surface area contributed by atoms with E-state index in [1.165, 1.54) is 8.61 Å². The van der Waals surface area contributed by atoms with Gasteiger partial charge < -0.3 is 15.4 Å². The molecule has 1 unspecified atom stereocenters. The smallest absolute Gasteiger partial charge is 0.282 e. The van der Waals surface area contributed by atoms with Crippen LogP contribution in [0.1, 0.15) is 13.3 Å². The minimum absolute atomic E-state index is 0.00609. The Balaban J connectivity index is 1.89. The van der Waals surface area contributed by atoms with Gasteiger partial charge in [0.2, 0.25) is 5.91 Å². The van der Waals surface area contributed by atoms with Gasteiger partial charge in [0, 0.05) is 51.7 Å². The van der Waals surface area contributed by atoms with Crippen LogP contribution < -0.4 is 5.73 Å². The number of ether oxygens (including phenoxy) is 1. The molecule has 0 saturated carbocycles. The van der Waals surface area contributed by atoms with Gasteiger partial charge in [-0.25, -0.2) is 0 Å². The van der Waals surface area contributed by atoms with E-state index in [0.717, 1.165) is 0 Å². The first kappa shape index (κ1) is 16.6. The molecule has 2 N–H and O–H groups in total. The van der Waals surface area contributed by atoms with Crippen LogP contribution in [0.25, 0.3) is 0 Å². The lowest BCUT2D eigenvalue weighted by atomic mass is 10.2. The van der Waals surface area contributed by atoms with Crippen molar-refractivity contribution < 1.29 is 17.9 Å². The molecule has 0 spiro atoms. The van der Waals surface area contributed by atoms with Gasteiger partial charge in [0.1, 0.15) is 0 Å². The zero-order valence-corrected chi connectivity index (χ0v) is 13.2. The van der Waals surface area contributed by atoms with Crippen molar-refractivity contribution in [2.24, 2.45) is 5.73 Å². The first-order valence-electron chi connectivity index (χ1n) is 7.27. The lowest BCUT2D eigenvalue weighted by molar-refractivity contribution is -0.132. The Bertz CT molecular complexity index is 454. The fourth-order valence-corrected chi connectivity index (χ4v) is 4.08. The summed E-state index contributed by atoms with van der Waals surface area (Å²) >= 11 is 0. The summed E-state index contributed by atoms with van der Waals surface area (Å²) in [6, 6.07) is -0.174. The van der Waals surface area contributed by atoms with Crippen LogP contribution in [-0.4, -0.2) is 86.4 Å². The van der Waals surface area contributed by atoms with Crippen molar-refractivity contribution in [1.82, 2.24) is 13.5 Å². The molecule has 21 heavy (non-hydrogen) atoms. The molecule has 2 saturated heterocycles. The fraction of sp³-hybridized carbons (Fsp3) is 0.917. The third-order valence-electron chi connectivity index (χ3n) is 3.71. The van der Waals surface area contributed by atoms with E-state index in [0.29, 0.717) is 58.9 Å². The second-order valence-electron chi connectivity index (χ2n) is 5.48. The van der Waals surface area contributed by atoms with Crippen molar-refractivity contribution in [1.29, 1.82) is 0 Å². The van der Waals surface area contributed by atoms with Crippen molar-refractivity contribution in [3.05, 3.63) is 0 Å². The summed E-state index contributed by atoms with van der Waals surface area (Å²) in [5.74, 6) is -0.00609. The molecule has 0 aromatic rings. The van der Waals surface area contributed by atoms with E-state index >= 15 is 0 Å². The monoisotopic (exact) mass is 320 g/mol. The lowest BCUT2D eigenvalue weighted by Crippen LogP contribution is -2.56. The number of nitrogens with two attached hydrogens (primary N) is 1. The summed E-state index contributed by atoms with van der Waals surface area (Å²) in [6.07, 6.45) is 0.302. The SMILES string of the molecule is CC(N)CC(=O)N1CCN(S(=O)(=O)N2CCOCC2)CC1. The van der Waals surface area contributed by atoms with Crippen LogP contribution >= 0.6 is 0 Å². The molecule has 0 aromatic heterocycles. The average Bonchev–Trinajstić information content (AvgIpc) is 2.47. The number of hydrogen-bond donors (Lipinski definition) is 1. The Kier molecular flexibility index (Phi) is 5.55. The van der Waals surface area contributed by atoms with Crippen molar-refractivity contribution in [3.63, 3.8) is 0 Å². The molecule has 9 heteroatoms. The molecular formula is C12H24N4O4S. The minimum Gasteiger partial charge on any atom is -0.379 e. The van der Waals surface area contributed by atoms with Gasteiger partial charge in [-0.2, -0.15) is 17.0 Å². The highest BCUT2D eigenvalue weighted by Gasteiger charge is 2.34. The zero-order valence-electron chi connectivity index (χ0n) is 12.4. The third kappa shape index (κ3) is 4.13. The van der Waals surface area contributed by atoms with E-state index < -0.39 is 10.2 Å². The molecule has 0 aliphatic carbocycles. The van der Waals surface area contributed by atoms with Crippen molar-refractivity contribution in [3.8, 4) is 0 Å². The summed E-state index contributed by atoms with van der Waals surface area (Å²) < 4.78 is 33.0. The lowest BCUT2D eigenvalue weighted by Gasteiger charge is -2.37. The second kappa shape index (κ2) is 7.01. The molecule has 2 aliphatic rings. The quantitative estimate of drug-likeness (QED) is 0.676. The molecule has 122 valence electrons. The van der Waals surface area contributed by atoms with Gasteiger partial charge in [-0.3, -0.25) is 4.79 Å². The molecule has 2 heterocycles. The highest BCUT2D eigenvalue weighted by molar-refractivity contribution is 7.86. The van der Waals surface area contributed by atoms with E-state index in [9.17, 15) is 13.2 Å². The molecular weight excluding hydrogens is 296 g/mol. The van der Waals surface area contributed by atoms with Gasteiger partial charge >= 0.3 is 0 Å². The summed E-state index contributed by atoms with van der Waals surface area (Å²) in [5, 5.41) is 0. The molecule has 0 bridgehead atoms. The first-order valence-corrected chi connectivity index (χ1v) is 8.67. The average molecular weight is 320 g/mol. The maximum atomic E-state index is 12.5. The number of amides is 1. The van der Waals surface area contributed by atoms with Gasteiger partial charge in [0.05, 0.1) is 13.2 Å². The molecule has 0 radical (unpaired) electrons. The van der Waals surface area contributed by atoms with Crippen LogP contribution in [0.2, 0.25) is 0 Å². The summed E-state index contributed by atoms with van der Waals surface area (Å²) in [6.45, 7) is 4.98. The molecule has 1 atom stereocenters. The number of hydrogen-bond acceptors (Lipinski definition) is 5. The van der Waals surface area contributed by atoms with Crippen LogP contribution in [0.3, 0.4) is 0 Å². The van der Waals surface area contributed by atoms with Gasteiger partial charge in [-0.1, -0.05) is 0 Å². The maximum absolute atomic E-state index is 12.5. The molecule has 2 rings (SSSR count). The largest absolute Gasteiger partial charge is 0.379 e. The maximum Gasteiger partial charge on any atom is 0.282 e. The summed E-state index contributed by atoms with van der Waals surface area (Å²) in [5.41, 5.74) is 5.62. The van der Waals surface area contributed by atoms with Crippen LogP contribution in [0.4, 0.5) is 0 Å². The standard InChI is InChI=1S/C12H24N4O4S/c1-11(13)10-12(17)14-2-4-15(5-3-14)21(18,19)16-6-8-20-9-7-16/h11H,2-10,13H2,1H3. The highest BCUT2D eigenvalue weighted by Crippen LogP contribution is 2.14. The van der Waals surface area contributed by atoms with Crippen LogP contribution in [0.15, 0.2) is 0 Å². The van der Waals surface area contributed by atoms with E-state index in [-0.39, 0.29) is 11.9 Å². The van der Waals surface area contributed by atoms with Crippen molar-refractivity contribution in [2.45, 2.75) is 19.4 Å². The predicted molar refractivity (Wildman–Crippen MR) is 77.7 cm³/mol. The molecule has 1 amide bonds. The van der Waals surface area contributed by atoms with Crippen LogP contribution in [0, 0.1) is 0 Å².